The molecular formula is C22H23F2N3O6S. The lowest BCUT2D eigenvalue weighted by atomic mass is 9.83. The summed E-state index contributed by atoms with van der Waals surface area (Å²) in [6.07, 6.45) is 0.510. The maximum atomic E-state index is 15.7. The summed E-state index contributed by atoms with van der Waals surface area (Å²) in [6, 6.07) is 3.87. The molecule has 12 heteroatoms. The first-order valence-corrected chi connectivity index (χ1v) is 11.5. The first-order chi connectivity index (χ1) is 15.7. The van der Waals surface area contributed by atoms with Crippen LogP contribution in [-0.4, -0.2) is 40.4 Å². The molecule has 1 amide bonds. The van der Waals surface area contributed by atoms with Gasteiger partial charge in [-0.3, -0.25) is 4.79 Å². The Morgan fingerprint density at radius 1 is 1.24 bits per heavy atom. The second-order valence-corrected chi connectivity index (χ2v) is 10.5. The number of carbonyl (C=O) groups excluding carboxylic acids is 1. The minimum atomic E-state index is -4.62. The zero-order valence-corrected chi connectivity index (χ0v) is 19.6. The highest BCUT2D eigenvalue weighted by atomic mass is 32.2. The van der Waals surface area contributed by atoms with Crippen molar-refractivity contribution < 1.29 is 36.3 Å². The van der Waals surface area contributed by atoms with Crippen molar-refractivity contribution >= 4 is 21.9 Å². The van der Waals surface area contributed by atoms with E-state index in [4.69, 9.17) is 4.42 Å². The highest BCUT2D eigenvalue weighted by Gasteiger charge is 2.34. The van der Waals surface area contributed by atoms with E-state index in [1.54, 1.807) is 20.8 Å². The number of Topliss-reactive ketones (excluding diaryl/α,β-unsaturated/α-hetero) is 1. The van der Waals surface area contributed by atoms with Gasteiger partial charge in [-0.25, -0.2) is 18.1 Å². The SMILES string of the molecule is CC(=O)c1ccc(S(=O)(=O)n2cc(CC(NC(=O)O)C(C)(C)C)c(F)c2-c2cccnc2F)o1. The van der Waals surface area contributed by atoms with Crippen molar-refractivity contribution in [2.75, 3.05) is 0 Å². The fourth-order valence-corrected chi connectivity index (χ4v) is 4.64. The van der Waals surface area contributed by atoms with E-state index in [9.17, 15) is 27.5 Å². The van der Waals surface area contributed by atoms with E-state index in [1.807, 2.05) is 0 Å². The number of hydrogen-bond donors (Lipinski definition) is 2. The van der Waals surface area contributed by atoms with E-state index >= 15 is 4.39 Å². The Labute approximate surface area is 194 Å². The van der Waals surface area contributed by atoms with Crippen LogP contribution in [0.3, 0.4) is 0 Å². The molecule has 0 bridgehead atoms. The van der Waals surface area contributed by atoms with Gasteiger partial charge in [-0.1, -0.05) is 20.8 Å². The number of nitrogens with zero attached hydrogens (tertiary/aromatic N) is 2. The normalized spacial score (nSPS) is 13.0. The Morgan fingerprint density at radius 3 is 2.44 bits per heavy atom. The number of carboxylic acid groups (broad SMARTS) is 1. The minimum absolute atomic E-state index is 0.172. The van der Waals surface area contributed by atoms with Crippen LogP contribution in [0.1, 0.15) is 43.8 Å². The average molecular weight is 496 g/mol. The number of ketones is 1. The number of furan rings is 1. The van der Waals surface area contributed by atoms with Crippen molar-refractivity contribution in [1.82, 2.24) is 14.3 Å². The summed E-state index contributed by atoms with van der Waals surface area (Å²) in [7, 11) is -4.62. The Bertz CT molecular complexity index is 1360. The van der Waals surface area contributed by atoms with E-state index in [-0.39, 0.29) is 17.7 Å². The fraction of sp³-hybridized carbons (Fsp3) is 0.318. The van der Waals surface area contributed by atoms with Crippen molar-refractivity contribution in [3.05, 3.63) is 59.7 Å². The van der Waals surface area contributed by atoms with Gasteiger partial charge in [0.2, 0.25) is 11.0 Å². The quantitative estimate of drug-likeness (QED) is 0.373. The van der Waals surface area contributed by atoms with E-state index in [0.29, 0.717) is 3.97 Å². The molecule has 0 fully saturated rings. The molecule has 1 atom stereocenters. The fourth-order valence-electron chi connectivity index (χ4n) is 3.33. The molecule has 0 aliphatic heterocycles. The molecule has 1 unspecified atom stereocenters. The van der Waals surface area contributed by atoms with E-state index in [0.717, 1.165) is 30.6 Å². The van der Waals surface area contributed by atoms with Gasteiger partial charge in [0.05, 0.1) is 5.56 Å². The van der Waals surface area contributed by atoms with Crippen LogP contribution in [0.2, 0.25) is 0 Å². The molecule has 3 aromatic rings. The smallest absolute Gasteiger partial charge is 0.404 e. The molecule has 9 nitrogen and oxygen atoms in total. The van der Waals surface area contributed by atoms with Crippen molar-refractivity contribution in [3.8, 4) is 11.3 Å². The zero-order chi connectivity index (χ0) is 25.4. The number of pyridine rings is 1. The monoisotopic (exact) mass is 495 g/mol. The lowest BCUT2D eigenvalue weighted by molar-refractivity contribution is 0.0982. The molecule has 0 radical (unpaired) electrons. The van der Waals surface area contributed by atoms with Crippen LogP contribution in [0.15, 0.2) is 46.2 Å². The van der Waals surface area contributed by atoms with Gasteiger partial charge in [-0.2, -0.15) is 12.8 Å². The van der Waals surface area contributed by atoms with E-state index < -0.39 is 61.5 Å². The molecule has 3 aromatic heterocycles. The molecule has 0 aliphatic carbocycles. The number of halogens is 2. The third kappa shape index (κ3) is 4.86. The Hall–Kier alpha value is -3.54. The largest absolute Gasteiger partial charge is 0.465 e. The zero-order valence-electron chi connectivity index (χ0n) is 18.8. The maximum absolute atomic E-state index is 15.7. The summed E-state index contributed by atoms with van der Waals surface area (Å²) < 4.78 is 62.5. The number of nitrogens with one attached hydrogen (secondary N) is 1. The topological polar surface area (TPSA) is 132 Å². The van der Waals surface area contributed by atoms with Crippen molar-refractivity contribution in [3.63, 3.8) is 0 Å². The van der Waals surface area contributed by atoms with E-state index in [1.165, 1.54) is 13.0 Å². The first kappa shape index (κ1) is 25.1. The number of carbonyl (C=O) groups is 2. The third-order valence-electron chi connectivity index (χ3n) is 5.21. The summed E-state index contributed by atoms with van der Waals surface area (Å²) >= 11 is 0. The van der Waals surface area contributed by atoms with Crippen LogP contribution < -0.4 is 5.32 Å². The maximum Gasteiger partial charge on any atom is 0.404 e. The molecule has 0 spiro atoms. The van der Waals surface area contributed by atoms with Crippen molar-refractivity contribution in [2.24, 2.45) is 5.41 Å². The average Bonchev–Trinajstić information content (AvgIpc) is 3.34. The molecule has 3 heterocycles. The van der Waals surface area contributed by atoms with Gasteiger partial charge in [-0.05, 0) is 36.1 Å². The second-order valence-electron chi connectivity index (χ2n) is 8.71. The highest BCUT2D eigenvalue weighted by molar-refractivity contribution is 7.89. The van der Waals surface area contributed by atoms with Gasteiger partial charge in [0.25, 0.3) is 0 Å². The van der Waals surface area contributed by atoms with Crippen molar-refractivity contribution in [2.45, 2.75) is 45.2 Å². The molecule has 0 saturated carbocycles. The van der Waals surface area contributed by atoms with Crippen LogP contribution in [-0.2, 0) is 16.4 Å². The van der Waals surface area contributed by atoms with Crippen LogP contribution in [0.5, 0.6) is 0 Å². The standard InChI is InChI=1S/C22H23F2N3O6S/c1-12(28)15-7-8-17(33-15)34(31,32)27-11-13(10-16(22(2,3)4)26-21(29)30)18(23)19(27)14-6-5-9-25-20(14)24/h5-9,11,16,26H,10H2,1-4H3,(H,29,30). The summed E-state index contributed by atoms with van der Waals surface area (Å²) in [5.41, 5.74) is -1.90. The third-order valence-corrected chi connectivity index (χ3v) is 6.74. The molecule has 182 valence electrons. The summed E-state index contributed by atoms with van der Waals surface area (Å²) in [6.45, 7) is 6.37. The van der Waals surface area contributed by atoms with Crippen LogP contribution >= 0.6 is 0 Å². The summed E-state index contributed by atoms with van der Waals surface area (Å²) in [4.78, 5) is 26.3. The number of amides is 1. The van der Waals surface area contributed by atoms with E-state index in [2.05, 4.69) is 10.3 Å². The second kappa shape index (κ2) is 9.01. The lowest BCUT2D eigenvalue weighted by Gasteiger charge is -2.30. The highest BCUT2D eigenvalue weighted by Crippen LogP contribution is 2.34. The first-order valence-electron chi connectivity index (χ1n) is 10.1. The van der Waals surface area contributed by atoms with Gasteiger partial charge < -0.3 is 14.8 Å². The molecule has 0 aromatic carbocycles. The number of rotatable bonds is 7. The number of hydrogen-bond acceptors (Lipinski definition) is 6. The predicted molar refractivity (Wildman–Crippen MR) is 117 cm³/mol. The van der Waals surface area contributed by atoms with Gasteiger partial charge >= 0.3 is 16.1 Å². The molecule has 2 N–H and O–H groups in total. The molecule has 0 aliphatic rings. The molecular weight excluding hydrogens is 472 g/mol. The Kier molecular flexibility index (Phi) is 6.65. The number of aromatic nitrogens is 2. The Balaban J connectivity index is 2.23. The lowest BCUT2D eigenvalue weighted by Crippen LogP contribution is -2.44. The summed E-state index contributed by atoms with van der Waals surface area (Å²) in [5.74, 6) is -2.91. The van der Waals surface area contributed by atoms with Gasteiger partial charge in [-0.15, -0.1) is 0 Å². The van der Waals surface area contributed by atoms with Crippen LogP contribution in [0.25, 0.3) is 11.3 Å². The predicted octanol–water partition coefficient (Wildman–Crippen LogP) is 4.09. The molecule has 0 saturated heterocycles. The van der Waals surface area contributed by atoms with Crippen LogP contribution in [0, 0.1) is 17.2 Å². The van der Waals surface area contributed by atoms with Crippen molar-refractivity contribution in [1.29, 1.82) is 0 Å². The Morgan fingerprint density at radius 2 is 1.91 bits per heavy atom. The van der Waals surface area contributed by atoms with Gasteiger partial charge in [0.15, 0.2) is 17.4 Å². The van der Waals surface area contributed by atoms with Crippen LogP contribution in [0.4, 0.5) is 13.6 Å². The summed E-state index contributed by atoms with van der Waals surface area (Å²) in [5, 5.41) is 10.8. The van der Waals surface area contributed by atoms with Gasteiger partial charge in [0, 0.05) is 30.9 Å². The molecule has 34 heavy (non-hydrogen) atoms. The molecule has 3 rings (SSSR count). The van der Waals surface area contributed by atoms with Gasteiger partial charge in [0.1, 0.15) is 5.69 Å². The minimum Gasteiger partial charge on any atom is -0.465 e.